The lowest BCUT2D eigenvalue weighted by Crippen LogP contribution is -2.32. The van der Waals surface area contributed by atoms with Crippen LogP contribution in [0.5, 0.6) is 0 Å². The van der Waals surface area contributed by atoms with Crippen LogP contribution in [-0.2, 0) is 11.3 Å². The second-order valence-corrected chi connectivity index (χ2v) is 9.16. The monoisotopic (exact) mass is 488 g/mol. The van der Waals surface area contributed by atoms with Crippen molar-refractivity contribution < 1.29 is 9.18 Å². The highest BCUT2D eigenvalue weighted by atomic mass is 35.5. The summed E-state index contributed by atoms with van der Waals surface area (Å²) in [6, 6.07) is 20.5. The van der Waals surface area contributed by atoms with Gasteiger partial charge in [0.2, 0.25) is 4.96 Å². The fraction of sp³-hybridized carbons (Fsp3) is 0.0400. The molecule has 1 amide bonds. The number of carbonyl (C=O) groups is 1. The highest BCUT2D eigenvalue weighted by Gasteiger charge is 2.34. The first-order valence-corrected chi connectivity index (χ1v) is 11.6. The fourth-order valence-electron chi connectivity index (χ4n) is 4.06. The number of thiazole rings is 1. The van der Waals surface area contributed by atoms with Crippen LogP contribution in [0, 0.1) is 5.82 Å². The summed E-state index contributed by atoms with van der Waals surface area (Å²) in [6.45, 7) is 0.0572. The first-order valence-electron chi connectivity index (χ1n) is 10.4. The number of fused-ring (bicyclic) bond motifs is 2. The van der Waals surface area contributed by atoms with Crippen LogP contribution in [-0.4, -0.2) is 20.5 Å². The number of halogens is 2. The van der Waals surface area contributed by atoms with E-state index in [1.165, 1.54) is 15.5 Å². The van der Waals surface area contributed by atoms with Crippen molar-refractivity contribution in [1.82, 2.24) is 14.6 Å². The van der Waals surface area contributed by atoms with E-state index in [0.717, 1.165) is 16.9 Å². The molecule has 0 saturated carbocycles. The van der Waals surface area contributed by atoms with Gasteiger partial charge in [-0.2, -0.15) is 9.50 Å². The molecule has 1 aliphatic rings. The van der Waals surface area contributed by atoms with Crippen molar-refractivity contribution in [2.75, 3.05) is 4.90 Å². The SMILES string of the molecule is O=C1C(=c2sc3nc(-c4ccc(Cl)cc4)nn3c2=O)c2ccccc2N1Cc1ccccc1F. The van der Waals surface area contributed by atoms with Gasteiger partial charge in [0, 0.05) is 21.7 Å². The normalized spacial score (nSPS) is 14.8. The topological polar surface area (TPSA) is 67.6 Å². The Kier molecular flexibility index (Phi) is 4.79. The summed E-state index contributed by atoms with van der Waals surface area (Å²) in [5.41, 5.74) is 2.24. The minimum atomic E-state index is -0.418. The summed E-state index contributed by atoms with van der Waals surface area (Å²) in [7, 11) is 0. The number of hydrogen-bond donors (Lipinski definition) is 0. The maximum atomic E-state index is 14.3. The number of aromatic nitrogens is 3. The second kappa shape index (κ2) is 7.86. The molecule has 34 heavy (non-hydrogen) atoms. The molecular formula is C25H14ClFN4O2S. The van der Waals surface area contributed by atoms with E-state index >= 15 is 0 Å². The zero-order valence-corrected chi connectivity index (χ0v) is 19.0. The van der Waals surface area contributed by atoms with Crippen LogP contribution in [0.2, 0.25) is 5.02 Å². The Balaban J connectivity index is 1.50. The van der Waals surface area contributed by atoms with Crippen molar-refractivity contribution in [1.29, 1.82) is 0 Å². The smallest absolute Gasteiger partial charge is 0.291 e. The molecule has 0 aliphatic carbocycles. The molecule has 0 N–H and O–H groups in total. The number of nitrogens with zero attached hydrogens (tertiary/aromatic N) is 4. The van der Waals surface area contributed by atoms with Crippen molar-refractivity contribution in [3.8, 4) is 11.4 Å². The lowest BCUT2D eigenvalue weighted by atomic mass is 10.1. The van der Waals surface area contributed by atoms with Crippen LogP contribution in [0.25, 0.3) is 21.9 Å². The summed E-state index contributed by atoms with van der Waals surface area (Å²) in [4.78, 5) is 33.2. The van der Waals surface area contributed by atoms with Gasteiger partial charge in [-0.1, -0.05) is 59.3 Å². The summed E-state index contributed by atoms with van der Waals surface area (Å²) in [6.07, 6.45) is 0. The van der Waals surface area contributed by atoms with Crippen molar-refractivity contribution >= 4 is 45.1 Å². The highest BCUT2D eigenvalue weighted by molar-refractivity contribution is 7.15. The first-order chi connectivity index (χ1) is 16.5. The van der Waals surface area contributed by atoms with E-state index in [-0.39, 0.29) is 28.4 Å². The van der Waals surface area contributed by atoms with E-state index < -0.39 is 5.56 Å². The summed E-state index contributed by atoms with van der Waals surface area (Å²) in [5, 5.41) is 4.95. The Morgan fingerprint density at radius 3 is 2.44 bits per heavy atom. The molecule has 0 spiro atoms. The van der Waals surface area contributed by atoms with E-state index in [2.05, 4.69) is 10.1 Å². The molecule has 0 unspecified atom stereocenters. The maximum absolute atomic E-state index is 14.3. The highest BCUT2D eigenvalue weighted by Crippen LogP contribution is 2.36. The Bertz CT molecular complexity index is 1710. The van der Waals surface area contributed by atoms with Gasteiger partial charge in [0.15, 0.2) is 5.82 Å². The van der Waals surface area contributed by atoms with E-state index in [1.54, 1.807) is 60.7 Å². The third-order valence-electron chi connectivity index (χ3n) is 5.70. The Labute approximate surface area is 201 Å². The molecule has 1 aliphatic heterocycles. The number of anilines is 1. The second-order valence-electron chi connectivity index (χ2n) is 7.75. The van der Waals surface area contributed by atoms with Crippen LogP contribution < -0.4 is 15.0 Å². The van der Waals surface area contributed by atoms with Gasteiger partial charge in [0.05, 0.1) is 17.8 Å². The summed E-state index contributed by atoms with van der Waals surface area (Å²) < 4.78 is 15.8. The van der Waals surface area contributed by atoms with Crippen LogP contribution >= 0.6 is 22.9 Å². The predicted molar refractivity (Wildman–Crippen MR) is 129 cm³/mol. The minimum Gasteiger partial charge on any atom is -0.303 e. The quantitative estimate of drug-likeness (QED) is 0.384. The number of benzene rings is 3. The third-order valence-corrected chi connectivity index (χ3v) is 6.98. The molecule has 2 aromatic heterocycles. The molecular weight excluding hydrogens is 475 g/mol. The zero-order valence-electron chi connectivity index (χ0n) is 17.4. The van der Waals surface area contributed by atoms with E-state index in [4.69, 9.17) is 11.6 Å². The average molecular weight is 489 g/mol. The predicted octanol–water partition coefficient (Wildman–Crippen LogP) is 4.08. The van der Waals surface area contributed by atoms with Crippen LogP contribution in [0.1, 0.15) is 11.1 Å². The van der Waals surface area contributed by atoms with Gasteiger partial charge in [-0.15, -0.1) is 5.10 Å². The van der Waals surface area contributed by atoms with Gasteiger partial charge in [0.1, 0.15) is 10.3 Å². The molecule has 0 radical (unpaired) electrons. The molecule has 6 nitrogen and oxygen atoms in total. The Morgan fingerprint density at radius 1 is 0.941 bits per heavy atom. The molecule has 166 valence electrons. The van der Waals surface area contributed by atoms with Crippen LogP contribution in [0.4, 0.5) is 10.1 Å². The molecule has 3 aromatic carbocycles. The zero-order chi connectivity index (χ0) is 23.4. The minimum absolute atomic E-state index is 0.0572. The fourth-order valence-corrected chi connectivity index (χ4v) is 5.18. The van der Waals surface area contributed by atoms with Gasteiger partial charge in [-0.25, -0.2) is 4.39 Å². The lowest BCUT2D eigenvalue weighted by Gasteiger charge is -2.17. The molecule has 9 heteroatoms. The number of amides is 1. The number of rotatable bonds is 3. The van der Waals surface area contributed by atoms with Crippen molar-refractivity contribution in [3.63, 3.8) is 0 Å². The molecule has 0 atom stereocenters. The largest absolute Gasteiger partial charge is 0.303 e. The van der Waals surface area contributed by atoms with Gasteiger partial charge in [-0.05, 0) is 36.4 Å². The van der Waals surface area contributed by atoms with Crippen LogP contribution in [0.3, 0.4) is 0 Å². The van der Waals surface area contributed by atoms with Crippen molar-refractivity contribution in [2.24, 2.45) is 0 Å². The molecule has 3 heterocycles. The molecule has 6 rings (SSSR count). The first kappa shape index (κ1) is 20.7. The lowest BCUT2D eigenvalue weighted by molar-refractivity contribution is -0.113. The van der Waals surface area contributed by atoms with Gasteiger partial charge in [0.25, 0.3) is 11.5 Å². The number of carbonyl (C=O) groups excluding carboxylic acids is 1. The average Bonchev–Trinajstić information content (AvgIpc) is 3.47. The molecule has 0 saturated heterocycles. The van der Waals surface area contributed by atoms with Crippen molar-refractivity contribution in [2.45, 2.75) is 6.54 Å². The van der Waals surface area contributed by atoms with Gasteiger partial charge >= 0.3 is 0 Å². The van der Waals surface area contributed by atoms with E-state index in [1.807, 2.05) is 6.07 Å². The molecule has 5 aromatic rings. The molecule has 0 bridgehead atoms. The molecule has 0 fully saturated rings. The summed E-state index contributed by atoms with van der Waals surface area (Å²) in [5.74, 6) is -0.348. The number of hydrogen-bond acceptors (Lipinski definition) is 5. The number of para-hydroxylation sites is 1. The van der Waals surface area contributed by atoms with Gasteiger partial charge in [-0.3, -0.25) is 9.59 Å². The van der Waals surface area contributed by atoms with Gasteiger partial charge < -0.3 is 4.90 Å². The van der Waals surface area contributed by atoms with Crippen molar-refractivity contribution in [3.05, 3.63) is 110 Å². The maximum Gasteiger partial charge on any atom is 0.291 e. The van der Waals surface area contributed by atoms with E-state index in [0.29, 0.717) is 32.6 Å². The van der Waals surface area contributed by atoms with E-state index in [9.17, 15) is 14.0 Å². The standard InChI is InChI=1S/C25H14ClFN4O2S/c26-16-11-9-14(10-12-16)22-28-25-31(29-22)24(33)21(34-25)20-17-6-2-4-8-19(17)30(23(20)32)13-15-5-1-3-7-18(15)27/h1-12H,13H2. The third kappa shape index (κ3) is 3.22. The summed E-state index contributed by atoms with van der Waals surface area (Å²) >= 11 is 7.06. The Hall–Kier alpha value is -3.88. The van der Waals surface area contributed by atoms with Crippen LogP contribution in [0.15, 0.2) is 77.6 Å². The Morgan fingerprint density at radius 2 is 1.68 bits per heavy atom.